The highest BCUT2D eigenvalue weighted by molar-refractivity contribution is 5.80. The molecule has 1 aliphatic rings. The number of para-hydroxylation sites is 2. The molecule has 0 spiro atoms. The van der Waals surface area contributed by atoms with E-state index >= 15 is 0 Å². The number of benzene rings is 1. The Morgan fingerprint density at radius 2 is 2.05 bits per heavy atom. The van der Waals surface area contributed by atoms with Crippen molar-refractivity contribution >= 4 is 11.9 Å². The standard InChI is InChI=1S/C15H19NO5/c1-10-7-16(8-11(10)15(19)20-2)14(18)9-21-13-6-4-3-5-12(13)17/h3-6,10-11,17H,7-9H2,1-2H3. The summed E-state index contributed by atoms with van der Waals surface area (Å²) in [6, 6.07) is 6.47. The molecule has 0 radical (unpaired) electrons. The van der Waals surface area contributed by atoms with E-state index in [0.717, 1.165) is 0 Å². The second-order valence-corrected chi connectivity index (χ2v) is 5.16. The predicted molar refractivity (Wildman–Crippen MR) is 74.9 cm³/mol. The van der Waals surface area contributed by atoms with Gasteiger partial charge in [-0.05, 0) is 18.1 Å². The molecule has 0 bridgehead atoms. The maximum absolute atomic E-state index is 12.1. The Morgan fingerprint density at radius 3 is 2.71 bits per heavy atom. The van der Waals surface area contributed by atoms with Crippen LogP contribution in [0.3, 0.4) is 0 Å². The zero-order chi connectivity index (χ0) is 15.4. The number of ether oxygens (including phenoxy) is 2. The molecule has 0 saturated carbocycles. The number of rotatable bonds is 4. The van der Waals surface area contributed by atoms with Crippen LogP contribution in [-0.4, -0.2) is 48.7 Å². The minimum absolute atomic E-state index is 0.00692. The van der Waals surface area contributed by atoms with Crippen LogP contribution < -0.4 is 4.74 Å². The van der Waals surface area contributed by atoms with Crippen LogP contribution in [0, 0.1) is 11.8 Å². The third-order valence-electron chi connectivity index (χ3n) is 3.69. The summed E-state index contributed by atoms with van der Waals surface area (Å²) in [7, 11) is 1.35. The van der Waals surface area contributed by atoms with Crippen LogP contribution in [0.2, 0.25) is 0 Å². The van der Waals surface area contributed by atoms with E-state index in [4.69, 9.17) is 9.47 Å². The minimum Gasteiger partial charge on any atom is -0.504 e. The number of carbonyl (C=O) groups is 2. The summed E-state index contributed by atoms with van der Waals surface area (Å²) in [5.41, 5.74) is 0. The molecule has 2 atom stereocenters. The number of methoxy groups -OCH3 is 1. The highest BCUT2D eigenvalue weighted by Gasteiger charge is 2.37. The molecular weight excluding hydrogens is 274 g/mol. The van der Waals surface area contributed by atoms with Gasteiger partial charge < -0.3 is 19.5 Å². The molecule has 0 aliphatic carbocycles. The third kappa shape index (κ3) is 3.45. The van der Waals surface area contributed by atoms with Crippen LogP contribution in [0.15, 0.2) is 24.3 Å². The normalized spacial score (nSPS) is 21.1. The molecule has 1 aromatic carbocycles. The summed E-state index contributed by atoms with van der Waals surface area (Å²) in [4.78, 5) is 25.3. The van der Waals surface area contributed by atoms with Crippen LogP contribution in [-0.2, 0) is 14.3 Å². The fourth-order valence-corrected chi connectivity index (χ4v) is 2.44. The number of amides is 1. The number of nitrogens with zero attached hydrogens (tertiary/aromatic N) is 1. The van der Waals surface area contributed by atoms with E-state index in [2.05, 4.69) is 0 Å². The molecule has 2 rings (SSSR count). The van der Waals surface area contributed by atoms with Gasteiger partial charge in [0.15, 0.2) is 18.1 Å². The van der Waals surface area contributed by atoms with Gasteiger partial charge in [0, 0.05) is 13.1 Å². The van der Waals surface area contributed by atoms with E-state index in [9.17, 15) is 14.7 Å². The summed E-state index contributed by atoms with van der Waals surface area (Å²) in [5, 5.41) is 9.57. The third-order valence-corrected chi connectivity index (χ3v) is 3.69. The average Bonchev–Trinajstić information content (AvgIpc) is 2.87. The molecule has 1 amide bonds. The van der Waals surface area contributed by atoms with E-state index in [0.29, 0.717) is 13.1 Å². The minimum atomic E-state index is -0.292. The summed E-state index contributed by atoms with van der Waals surface area (Å²) in [6.07, 6.45) is 0. The molecule has 0 aromatic heterocycles. The molecular formula is C15H19NO5. The van der Waals surface area contributed by atoms with Crippen LogP contribution in [0.1, 0.15) is 6.92 Å². The Kier molecular flexibility index (Phi) is 4.67. The van der Waals surface area contributed by atoms with Gasteiger partial charge in [-0.3, -0.25) is 9.59 Å². The lowest BCUT2D eigenvalue weighted by Crippen LogP contribution is -2.34. The molecule has 1 N–H and O–H groups in total. The van der Waals surface area contributed by atoms with Crippen molar-refractivity contribution in [3.05, 3.63) is 24.3 Å². The monoisotopic (exact) mass is 293 g/mol. The second-order valence-electron chi connectivity index (χ2n) is 5.16. The molecule has 1 aliphatic heterocycles. The Hall–Kier alpha value is -2.24. The summed E-state index contributed by atoms with van der Waals surface area (Å²) in [5.74, 6) is -0.471. The van der Waals surface area contributed by atoms with Crippen molar-refractivity contribution in [2.75, 3.05) is 26.8 Å². The van der Waals surface area contributed by atoms with Crippen molar-refractivity contribution in [2.45, 2.75) is 6.92 Å². The first-order chi connectivity index (χ1) is 10.0. The lowest BCUT2D eigenvalue weighted by Gasteiger charge is -2.16. The number of likely N-dealkylation sites (tertiary alicyclic amines) is 1. The van der Waals surface area contributed by atoms with Crippen molar-refractivity contribution in [1.29, 1.82) is 0 Å². The molecule has 1 saturated heterocycles. The lowest BCUT2D eigenvalue weighted by molar-refractivity contribution is -0.146. The number of phenols is 1. The van der Waals surface area contributed by atoms with Crippen LogP contribution in [0.5, 0.6) is 11.5 Å². The van der Waals surface area contributed by atoms with E-state index in [1.165, 1.54) is 13.2 Å². The quantitative estimate of drug-likeness (QED) is 0.839. The molecule has 1 fully saturated rings. The van der Waals surface area contributed by atoms with Gasteiger partial charge in [0.1, 0.15) is 0 Å². The van der Waals surface area contributed by atoms with Gasteiger partial charge in [0.25, 0.3) is 5.91 Å². The molecule has 1 heterocycles. The predicted octanol–water partition coefficient (Wildman–Crippen LogP) is 1.04. The second kappa shape index (κ2) is 6.47. The van der Waals surface area contributed by atoms with Crippen LogP contribution in [0.25, 0.3) is 0 Å². The van der Waals surface area contributed by atoms with Gasteiger partial charge in [0.2, 0.25) is 0 Å². The first-order valence-electron chi connectivity index (χ1n) is 6.79. The summed E-state index contributed by atoms with van der Waals surface area (Å²) in [6.45, 7) is 2.59. The van der Waals surface area contributed by atoms with E-state index in [1.54, 1.807) is 23.1 Å². The SMILES string of the molecule is COC(=O)C1CN(C(=O)COc2ccccc2O)CC1C. The largest absolute Gasteiger partial charge is 0.504 e. The summed E-state index contributed by atoms with van der Waals surface area (Å²) >= 11 is 0. The topological polar surface area (TPSA) is 76.1 Å². The van der Waals surface area contributed by atoms with Gasteiger partial charge in [-0.2, -0.15) is 0 Å². The summed E-state index contributed by atoms with van der Waals surface area (Å²) < 4.78 is 10.0. The molecule has 21 heavy (non-hydrogen) atoms. The fraction of sp³-hybridized carbons (Fsp3) is 0.467. The van der Waals surface area contributed by atoms with E-state index in [-0.39, 0.29) is 41.8 Å². The van der Waals surface area contributed by atoms with Gasteiger partial charge in [-0.25, -0.2) is 0 Å². The molecule has 6 heteroatoms. The van der Waals surface area contributed by atoms with Crippen molar-refractivity contribution in [3.8, 4) is 11.5 Å². The zero-order valence-electron chi connectivity index (χ0n) is 12.1. The molecule has 2 unspecified atom stereocenters. The average molecular weight is 293 g/mol. The number of phenolic OH excluding ortho intramolecular Hbond substituents is 1. The van der Waals surface area contributed by atoms with Gasteiger partial charge >= 0.3 is 5.97 Å². The maximum atomic E-state index is 12.1. The first kappa shape index (κ1) is 15.2. The fourth-order valence-electron chi connectivity index (χ4n) is 2.44. The van der Waals surface area contributed by atoms with E-state index in [1.807, 2.05) is 6.92 Å². The van der Waals surface area contributed by atoms with Crippen LogP contribution >= 0.6 is 0 Å². The zero-order valence-corrected chi connectivity index (χ0v) is 12.1. The molecule has 6 nitrogen and oxygen atoms in total. The Bertz CT molecular complexity index is 531. The number of carbonyl (C=O) groups excluding carboxylic acids is 2. The lowest BCUT2D eigenvalue weighted by atomic mass is 9.99. The van der Waals surface area contributed by atoms with Crippen molar-refractivity contribution in [1.82, 2.24) is 4.90 Å². The Labute approximate surface area is 123 Å². The highest BCUT2D eigenvalue weighted by atomic mass is 16.5. The van der Waals surface area contributed by atoms with Crippen LogP contribution in [0.4, 0.5) is 0 Å². The highest BCUT2D eigenvalue weighted by Crippen LogP contribution is 2.26. The molecule has 114 valence electrons. The number of esters is 1. The van der Waals surface area contributed by atoms with Crippen molar-refractivity contribution < 1.29 is 24.2 Å². The number of hydrogen-bond donors (Lipinski definition) is 1. The van der Waals surface area contributed by atoms with Crippen molar-refractivity contribution in [3.63, 3.8) is 0 Å². The first-order valence-corrected chi connectivity index (χ1v) is 6.79. The number of aromatic hydroxyl groups is 1. The Balaban J connectivity index is 1.90. The van der Waals surface area contributed by atoms with Crippen molar-refractivity contribution in [2.24, 2.45) is 11.8 Å². The van der Waals surface area contributed by atoms with Gasteiger partial charge in [-0.1, -0.05) is 19.1 Å². The van der Waals surface area contributed by atoms with Gasteiger partial charge in [0.05, 0.1) is 13.0 Å². The van der Waals surface area contributed by atoms with Gasteiger partial charge in [-0.15, -0.1) is 0 Å². The molecule has 1 aromatic rings. The maximum Gasteiger partial charge on any atom is 0.310 e. The number of hydrogen-bond acceptors (Lipinski definition) is 5. The Morgan fingerprint density at radius 1 is 1.33 bits per heavy atom. The van der Waals surface area contributed by atoms with E-state index < -0.39 is 0 Å². The smallest absolute Gasteiger partial charge is 0.310 e.